The van der Waals surface area contributed by atoms with Gasteiger partial charge < -0.3 is 9.84 Å². The van der Waals surface area contributed by atoms with Gasteiger partial charge in [0, 0.05) is 22.5 Å². The summed E-state index contributed by atoms with van der Waals surface area (Å²) in [6.45, 7) is 0. The van der Waals surface area contributed by atoms with Crippen molar-refractivity contribution in [2.24, 2.45) is 17.8 Å². The van der Waals surface area contributed by atoms with Gasteiger partial charge in [0.1, 0.15) is 5.69 Å². The second-order valence-corrected chi connectivity index (χ2v) is 15.5. The van der Waals surface area contributed by atoms with Gasteiger partial charge in [0.25, 0.3) is 17.5 Å². The van der Waals surface area contributed by atoms with Crippen LogP contribution < -0.4 is 14.5 Å². The van der Waals surface area contributed by atoms with E-state index in [1.165, 1.54) is 31.4 Å². The lowest BCUT2D eigenvalue weighted by molar-refractivity contribution is -0.384. The van der Waals surface area contributed by atoms with Crippen molar-refractivity contribution in [3.63, 3.8) is 0 Å². The first-order valence-corrected chi connectivity index (χ1v) is 17.5. The molecule has 0 aromatic heterocycles. The van der Waals surface area contributed by atoms with Gasteiger partial charge in [-0.2, -0.15) is 0 Å². The van der Waals surface area contributed by atoms with Gasteiger partial charge in [-0.25, -0.2) is 26.9 Å². The first-order valence-electron chi connectivity index (χ1n) is 15.2. The highest BCUT2D eigenvalue weighted by Gasteiger charge is 2.77. The zero-order chi connectivity index (χ0) is 38.8. The number of imide groups is 2. The van der Waals surface area contributed by atoms with E-state index in [1.54, 1.807) is 0 Å². The van der Waals surface area contributed by atoms with Crippen LogP contribution in [0.25, 0.3) is 0 Å². The van der Waals surface area contributed by atoms with Crippen LogP contribution in [0.4, 0.5) is 39.0 Å². The molecule has 3 aromatic rings. The van der Waals surface area contributed by atoms with Crippen LogP contribution in [0.5, 0.6) is 11.5 Å². The summed E-state index contributed by atoms with van der Waals surface area (Å²) in [4.78, 5) is 62.4. The van der Waals surface area contributed by atoms with E-state index in [-0.39, 0.29) is 48.5 Å². The van der Waals surface area contributed by atoms with Crippen LogP contribution in [-0.4, -0.2) is 50.5 Å². The molecule has 4 aliphatic rings. The Morgan fingerprint density at radius 2 is 1.47 bits per heavy atom. The number of methoxy groups -OCH3 is 1. The number of alkyl halides is 2. The molecule has 1 saturated carbocycles. The summed E-state index contributed by atoms with van der Waals surface area (Å²) >= 11 is 20.9. The number of hydrogen-bond donors (Lipinski definition) is 1. The molecule has 20 heteroatoms. The molecule has 11 nitrogen and oxygen atoms in total. The number of aromatic hydroxyl groups is 1. The van der Waals surface area contributed by atoms with E-state index in [0.717, 1.165) is 17.0 Å². The van der Waals surface area contributed by atoms with Crippen molar-refractivity contribution in [1.82, 2.24) is 0 Å². The summed E-state index contributed by atoms with van der Waals surface area (Å²) in [7, 11) is 1.18. The Bertz CT molecular complexity index is 2250. The average Bonchev–Trinajstić information content (AvgIpc) is 3.47. The minimum absolute atomic E-state index is 0.000206. The summed E-state index contributed by atoms with van der Waals surface area (Å²) in [5.74, 6) is -23.4. The highest BCUT2D eigenvalue weighted by Crippen LogP contribution is 2.67. The van der Waals surface area contributed by atoms with Gasteiger partial charge in [-0.05, 0) is 74.4 Å². The number of carbonyl (C=O) groups is 4. The fraction of sp³-hybridized carbons (Fsp3) is 0.273. The van der Waals surface area contributed by atoms with Crippen molar-refractivity contribution < 1.29 is 55.9 Å². The number of ether oxygens (including phenoxy) is 1. The molecule has 2 aliphatic heterocycles. The number of nitro benzene ring substituents is 1. The van der Waals surface area contributed by atoms with Crippen LogP contribution >= 0.6 is 55.1 Å². The number of carbonyl (C=O) groups excluding carboxylic acids is 4. The van der Waals surface area contributed by atoms with Crippen LogP contribution in [0.1, 0.15) is 24.3 Å². The van der Waals surface area contributed by atoms with Crippen LogP contribution in [0.15, 0.2) is 50.9 Å². The average molecular weight is 910 g/mol. The summed E-state index contributed by atoms with van der Waals surface area (Å²) < 4.78 is 78.9. The predicted molar refractivity (Wildman–Crippen MR) is 182 cm³/mol. The summed E-state index contributed by atoms with van der Waals surface area (Å²) in [6.07, 6.45) is 0.583. The fourth-order valence-corrected chi connectivity index (χ4v) is 9.75. The summed E-state index contributed by atoms with van der Waals surface area (Å²) in [5.41, 5.74) is -2.16. The van der Waals surface area contributed by atoms with Gasteiger partial charge in [0.05, 0.1) is 34.0 Å². The Morgan fingerprint density at radius 1 is 0.887 bits per heavy atom. The minimum atomic E-state index is -2.82. The molecule has 3 aromatic carbocycles. The lowest BCUT2D eigenvalue weighted by Gasteiger charge is -2.51. The zero-order valence-corrected chi connectivity index (χ0v) is 30.9. The Kier molecular flexibility index (Phi) is 8.74. The molecule has 0 radical (unpaired) electrons. The van der Waals surface area contributed by atoms with Crippen molar-refractivity contribution in [2.75, 3.05) is 16.9 Å². The lowest BCUT2D eigenvalue weighted by Crippen LogP contribution is -2.60. The van der Waals surface area contributed by atoms with E-state index >= 15 is 8.78 Å². The molecule has 2 aliphatic carbocycles. The number of rotatable bonds is 5. The molecule has 0 spiro atoms. The number of phenolic OH excluding ortho intramolecular Hbond substituents is 1. The largest absolute Gasteiger partial charge is 0.503 e. The van der Waals surface area contributed by atoms with Gasteiger partial charge in [-0.1, -0.05) is 11.6 Å². The third kappa shape index (κ3) is 4.80. The minimum Gasteiger partial charge on any atom is -0.503 e. The van der Waals surface area contributed by atoms with Crippen molar-refractivity contribution in [3.05, 3.63) is 95.7 Å². The highest BCUT2D eigenvalue weighted by molar-refractivity contribution is 9.13. The number of amides is 4. The number of halogens is 9. The van der Waals surface area contributed by atoms with Gasteiger partial charge in [0.2, 0.25) is 17.6 Å². The van der Waals surface area contributed by atoms with E-state index in [9.17, 15) is 47.6 Å². The number of nitrogens with zero attached hydrogens (tertiary/aromatic N) is 3. The molecule has 2 heterocycles. The molecule has 4 amide bonds. The predicted octanol–water partition coefficient (Wildman–Crippen LogP) is 7.30. The molecule has 7 rings (SSSR count). The van der Waals surface area contributed by atoms with E-state index in [1.807, 2.05) is 0 Å². The first-order chi connectivity index (χ1) is 24.8. The molecule has 2 saturated heterocycles. The maximum Gasteiger partial charge on any atom is 0.269 e. The molecule has 53 heavy (non-hydrogen) atoms. The zero-order valence-electron chi connectivity index (χ0n) is 26.2. The molecule has 6 atom stereocenters. The second-order valence-electron chi connectivity index (χ2n) is 12.6. The Labute approximate surface area is 320 Å². The molecular formula is C33H18Br2Cl2F5N3O8. The Hall–Kier alpha value is -4.13. The second kappa shape index (κ2) is 12.5. The van der Waals surface area contributed by atoms with E-state index < -0.39 is 109 Å². The topological polar surface area (TPSA) is 147 Å². The lowest BCUT2D eigenvalue weighted by atomic mass is 9.56. The number of benzene rings is 3. The molecular weight excluding hydrogens is 892 g/mol. The maximum absolute atomic E-state index is 15.3. The Balaban J connectivity index is 1.45. The first kappa shape index (κ1) is 37.2. The highest BCUT2D eigenvalue weighted by atomic mass is 79.9. The van der Waals surface area contributed by atoms with Gasteiger partial charge in [-0.3, -0.25) is 34.2 Å². The SMILES string of the molecule is COc1cc(C2C3=CCC4C(=O)N(c5ccc([N+](=O)[O-])cc5)C(=O)C4C3CC3(Cl)C(=O)N(c4c(F)c(F)c(F)c(F)c4F)C(=O)C23Cl)c(Br)c(Br)c1O. The molecule has 6 unspecified atom stereocenters. The van der Waals surface area contributed by atoms with Crippen LogP contribution in [-0.2, 0) is 19.2 Å². The third-order valence-electron chi connectivity index (χ3n) is 10.2. The van der Waals surface area contributed by atoms with E-state index in [4.69, 9.17) is 27.9 Å². The third-order valence-corrected chi connectivity index (χ3v) is 13.8. The number of non-ortho nitro benzene ring substituents is 1. The monoisotopic (exact) mass is 907 g/mol. The normalized spacial score (nSPS) is 27.8. The molecule has 3 fully saturated rings. The van der Waals surface area contributed by atoms with Gasteiger partial charge in [-0.15, -0.1) is 23.2 Å². The van der Waals surface area contributed by atoms with Crippen molar-refractivity contribution in [1.29, 1.82) is 0 Å². The fourth-order valence-electron chi connectivity index (χ4n) is 7.87. The Morgan fingerprint density at radius 3 is 2.04 bits per heavy atom. The number of fused-ring (bicyclic) bond motifs is 4. The number of phenols is 1. The summed E-state index contributed by atoms with van der Waals surface area (Å²) in [5, 5.41) is 21.9. The number of anilines is 2. The number of nitro groups is 1. The molecule has 1 N–H and O–H groups in total. The van der Waals surface area contributed by atoms with Crippen LogP contribution in [0, 0.1) is 57.0 Å². The smallest absolute Gasteiger partial charge is 0.269 e. The maximum atomic E-state index is 15.3. The van der Waals surface area contributed by atoms with Crippen molar-refractivity contribution in [2.45, 2.75) is 28.5 Å². The molecule has 0 bridgehead atoms. The van der Waals surface area contributed by atoms with Gasteiger partial charge >= 0.3 is 0 Å². The quantitative estimate of drug-likeness (QED) is 0.0411. The number of hydrogen-bond acceptors (Lipinski definition) is 8. The summed E-state index contributed by atoms with van der Waals surface area (Å²) in [6, 6.07) is 5.74. The van der Waals surface area contributed by atoms with E-state index in [2.05, 4.69) is 31.9 Å². The van der Waals surface area contributed by atoms with Crippen LogP contribution in [0.2, 0.25) is 0 Å². The van der Waals surface area contributed by atoms with Gasteiger partial charge in [0.15, 0.2) is 44.5 Å². The molecule has 276 valence electrons. The van der Waals surface area contributed by atoms with E-state index in [0.29, 0.717) is 0 Å². The van der Waals surface area contributed by atoms with Crippen molar-refractivity contribution >= 4 is 95.8 Å². The van der Waals surface area contributed by atoms with Crippen molar-refractivity contribution in [3.8, 4) is 11.5 Å². The number of allylic oxidation sites excluding steroid dienone is 2. The van der Waals surface area contributed by atoms with Crippen LogP contribution in [0.3, 0.4) is 0 Å². The standard InChI is InChI=1S/C33H18Br2Cl2F5N3O8/c1-53-16-8-14(19(34)20(35)27(16)46)18-12-6-7-13-17(29(48)43(28(13)47)10-2-4-11(5-3-10)45(51)52)15(12)9-32(36)30(49)44(31(50)33(18,32)37)26-24(41)22(39)21(38)23(40)25(26)42/h2-6,8,13,15,17-18,46H,7,9H2,1H3.